The normalized spacial score (nSPS) is 15.4. The van der Waals surface area contributed by atoms with E-state index < -0.39 is 10.0 Å². The lowest BCUT2D eigenvalue weighted by Gasteiger charge is -2.26. The van der Waals surface area contributed by atoms with Crippen LogP contribution < -0.4 is 5.32 Å². The predicted octanol–water partition coefficient (Wildman–Crippen LogP) is 1.70. The van der Waals surface area contributed by atoms with Gasteiger partial charge >= 0.3 is 0 Å². The van der Waals surface area contributed by atoms with Crippen LogP contribution in [-0.4, -0.2) is 63.9 Å². The number of nitrogens with zero attached hydrogens (tertiary/aromatic N) is 2. The molecule has 0 spiro atoms. The van der Waals surface area contributed by atoms with Crippen LogP contribution >= 0.6 is 0 Å². The molecule has 1 saturated heterocycles. The van der Waals surface area contributed by atoms with Gasteiger partial charge in [-0.15, -0.1) is 0 Å². The maximum atomic E-state index is 12.5. The number of ether oxygens (including phenoxy) is 1. The molecule has 156 valence electrons. The van der Waals surface area contributed by atoms with Crippen molar-refractivity contribution in [1.29, 1.82) is 0 Å². The molecule has 1 aliphatic rings. The van der Waals surface area contributed by atoms with E-state index in [2.05, 4.69) is 10.2 Å². The fourth-order valence-corrected chi connectivity index (χ4v) is 4.00. The van der Waals surface area contributed by atoms with Crippen molar-refractivity contribution in [2.24, 2.45) is 0 Å². The number of benzene rings is 2. The molecule has 0 aliphatic carbocycles. The van der Waals surface area contributed by atoms with Gasteiger partial charge in [-0.3, -0.25) is 9.69 Å². The molecule has 7 nitrogen and oxygen atoms in total. The topological polar surface area (TPSA) is 79.0 Å². The molecule has 0 atom stereocenters. The van der Waals surface area contributed by atoms with E-state index in [0.29, 0.717) is 12.1 Å². The zero-order chi connectivity index (χ0) is 20.9. The number of rotatable bonds is 7. The molecule has 1 amide bonds. The summed E-state index contributed by atoms with van der Waals surface area (Å²) in [5, 5.41) is 2.89. The molecule has 0 aromatic heterocycles. The number of hydrogen-bond donors (Lipinski definition) is 1. The number of morpholine rings is 1. The van der Waals surface area contributed by atoms with Gasteiger partial charge in [0, 0.05) is 45.8 Å². The van der Waals surface area contributed by atoms with Crippen LogP contribution in [0, 0.1) is 0 Å². The summed E-state index contributed by atoms with van der Waals surface area (Å²) in [5.74, 6) is -0.154. The van der Waals surface area contributed by atoms with E-state index in [1.54, 1.807) is 30.3 Å². The predicted molar refractivity (Wildman–Crippen MR) is 111 cm³/mol. The van der Waals surface area contributed by atoms with Crippen molar-refractivity contribution in [1.82, 2.24) is 14.5 Å². The Bertz CT molecular complexity index is 937. The SMILES string of the molecule is CN(C)S(=O)(=O)c1ccc(CNC(=O)c2cccc(CN3CCOCC3)c2)cc1. The first-order chi connectivity index (χ1) is 13.9. The van der Waals surface area contributed by atoms with Crippen LogP contribution in [0.5, 0.6) is 0 Å². The van der Waals surface area contributed by atoms with E-state index in [1.165, 1.54) is 18.4 Å². The highest BCUT2D eigenvalue weighted by molar-refractivity contribution is 7.89. The van der Waals surface area contributed by atoms with E-state index in [1.807, 2.05) is 18.2 Å². The number of amides is 1. The van der Waals surface area contributed by atoms with Crippen LogP contribution in [0.2, 0.25) is 0 Å². The Hall–Kier alpha value is -2.26. The summed E-state index contributed by atoms with van der Waals surface area (Å²) in [6, 6.07) is 14.2. The third-order valence-corrected chi connectivity index (χ3v) is 6.68. The number of sulfonamides is 1. The lowest BCUT2D eigenvalue weighted by molar-refractivity contribution is 0.0342. The molecule has 2 aromatic rings. The Morgan fingerprint density at radius 1 is 1.07 bits per heavy atom. The molecule has 2 aromatic carbocycles. The summed E-state index contributed by atoms with van der Waals surface area (Å²) in [4.78, 5) is 15.1. The van der Waals surface area contributed by atoms with E-state index in [-0.39, 0.29) is 10.8 Å². The van der Waals surface area contributed by atoms with Crippen molar-refractivity contribution < 1.29 is 17.9 Å². The first-order valence-corrected chi connectivity index (χ1v) is 11.0. The Labute approximate surface area is 172 Å². The number of carbonyl (C=O) groups is 1. The lowest BCUT2D eigenvalue weighted by atomic mass is 10.1. The van der Waals surface area contributed by atoms with Crippen LogP contribution in [0.4, 0.5) is 0 Å². The van der Waals surface area contributed by atoms with Gasteiger partial charge in [-0.1, -0.05) is 24.3 Å². The van der Waals surface area contributed by atoms with Crippen molar-refractivity contribution >= 4 is 15.9 Å². The summed E-state index contributed by atoms with van der Waals surface area (Å²) in [7, 11) is -0.458. The van der Waals surface area contributed by atoms with Crippen LogP contribution in [0.15, 0.2) is 53.4 Å². The van der Waals surface area contributed by atoms with Crippen LogP contribution in [0.3, 0.4) is 0 Å². The van der Waals surface area contributed by atoms with Crippen molar-refractivity contribution in [3.8, 4) is 0 Å². The van der Waals surface area contributed by atoms with Gasteiger partial charge in [0.25, 0.3) is 5.91 Å². The Balaban J connectivity index is 1.58. The summed E-state index contributed by atoms with van der Waals surface area (Å²) >= 11 is 0. The van der Waals surface area contributed by atoms with E-state index in [4.69, 9.17) is 4.74 Å². The largest absolute Gasteiger partial charge is 0.379 e. The highest BCUT2D eigenvalue weighted by Gasteiger charge is 2.17. The monoisotopic (exact) mass is 417 g/mol. The van der Waals surface area contributed by atoms with Gasteiger partial charge in [-0.2, -0.15) is 0 Å². The van der Waals surface area contributed by atoms with Crippen molar-refractivity contribution in [2.75, 3.05) is 40.4 Å². The first-order valence-electron chi connectivity index (χ1n) is 9.55. The molecular weight excluding hydrogens is 390 g/mol. The van der Waals surface area contributed by atoms with Gasteiger partial charge in [0.2, 0.25) is 10.0 Å². The fourth-order valence-electron chi connectivity index (χ4n) is 3.10. The molecular formula is C21H27N3O4S. The Morgan fingerprint density at radius 2 is 1.76 bits per heavy atom. The summed E-state index contributed by atoms with van der Waals surface area (Å²) in [6.45, 7) is 4.41. The quantitative estimate of drug-likeness (QED) is 0.742. The van der Waals surface area contributed by atoms with Gasteiger partial charge in [0.15, 0.2) is 0 Å². The van der Waals surface area contributed by atoms with Crippen molar-refractivity contribution in [3.05, 3.63) is 65.2 Å². The van der Waals surface area contributed by atoms with Crippen LogP contribution in [-0.2, 0) is 27.8 Å². The standard InChI is InChI=1S/C21H27N3O4S/c1-23(2)29(26,27)20-8-6-17(7-9-20)15-22-21(25)19-5-3-4-18(14-19)16-24-10-12-28-13-11-24/h3-9,14H,10-13,15-16H2,1-2H3,(H,22,25). The number of carbonyl (C=O) groups excluding carboxylic acids is 1. The molecule has 1 fully saturated rings. The van der Waals surface area contributed by atoms with E-state index in [0.717, 1.165) is 44.0 Å². The minimum Gasteiger partial charge on any atom is -0.379 e. The zero-order valence-electron chi connectivity index (χ0n) is 16.8. The molecule has 0 radical (unpaired) electrons. The average molecular weight is 418 g/mol. The second kappa shape index (κ2) is 9.49. The highest BCUT2D eigenvalue weighted by Crippen LogP contribution is 2.14. The maximum Gasteiger partial charge on any atom is 0.251 e. The fraction of sp³-hybridized carbons (Fsp3) is 0.381. The van der Waals surface area contributed by atoms with Crippen LogP contribution in [0.1, 0.15) is 21.5 Å². The zero-order valence-corrected chi connectivity index (χ0v) is 17.6. The highest BCUT2D eigenvalue weighted by atomic mass is 32.2. The van der Waals surface area contributed by atoms with Crippen LogP contribution in [0.25, 0.3) is 0 Å². The minimum atomic E-state index is -3.45. The van der Waals surface area contributed by atoms with Gasteiger partial charge < -0.3 is 10.1 Å². The van der Waals surface area contributed by atoms with E-state index >= 15 is 0 Å². The third-order valence-electron chi connectivity index (χ3n) is 4.85. The number of hydrogen-bond acceptors (Lipinski definition) is 5. The Morgan fingerprint density at radius 3 is 2.41 bits per heavy atom. The Kier molecular flexibility index (Phi) is 7.02. The van der Waals surface area contributed by atoms with Crippen molar-refractivity contribution in [2.45, 2.75) is 18.0 Å². The second-order valence-corrected chi connectivity index (χ2v) is 9.35. The minimum absolute atomic E-state index is 0.154. The van der Waals surface area contributed by atoms with Gasteiger partial charge in [0.1, 0.15) is 0 Å². The summed E-state index contributed by atoms with van der Waals surface area (Å²) in [5.41, 5.74) is 2.54. The summed E-state index contributed by atoms with van der Waals surface area (Å²) in [6.07, 6.45) is 0. The molecule has 1 heterocycles. The molecule has 1 aliphatic heterocycles. The molecule has 0 bridgehead atoms. The third kappa shape index (κ3) is 5.63. The maximum absolute atomic E-state index is 12.5. The molecule has 1 N–H and O–H groups in total. The summed E-state index contributed by atoms with van der Waals surface area (Å²) < 4.78 is 30.8. The molecule has 8 heteroatoms. The molecule has 0 unspecified atom stereocenters. The van der Waals surface area contributed by atoms with Gasteiger partial charge in [0.05, 0.1) is 18.1 Å². The lowest BCUT2D eigenvalue weighted by Crippen LogP contribution is -2.35. The van der Waals surface area contributed by atoms with Gasteiger partial charge in [-0.25, -0.2) is 12.7 Å². The van der Waals surface area contributed by atoms with E-state index in [9.17, 15) is 13.2 Å². The van der Waals surface area contributed by atoms with Gasteiger partial charge in [-0.05, 0) is 35.4 Å². The average Bonchev–Trinajstić information content (AvgIpc) is 2.73. The smallest absolute Gasteiger partial charge is 0.251 e. The molecule has 0 saturated carbocycles. The van der Waals surface area contributed by atoms with Crippen molar-refractivity contribution in [3.63, 3.8) is 0 Å². The molecule has 3 rings (SSSR count). The first kappa shape index (κ1) is 21.4. The number of nitrogens with one attached hydrogen (secondary N) is 1. The second-order valence-electron chi connectivity index (χ2n) is 7.20. The molecule has 29 heavy (non-hydrogen) atoms.